The molecule has 0 bridgehead atoms. The first kappa shape index (κ1) is 18.2. The minimum absolute atomic E-state index is 0.0612. The van der Waals surface area contributed by atoms with Crippen molar-refractivity contribution in [2.75, 3.05) is 6.54 Å². The first-order valence-corrected chi connectivity index (χ1v) is 8.42. The zero-order valence-electron chi connectivity index (χ0n) is 14.3. The number of carbonyl (C=O) groups excluding carboxylic acids is 1. The Morgan fingerprint density at radius 1 is 1.28 bits per heavy atom. The van der Waals surface area contributed by atoms with Gasteiger partial charge in [0.25, 0.3) is 0 Å². The van der Waals surface area contributed by atoms with E-state index in [0.29, 0.717) is 18.4 Å². The van der Waals surface area contributed by atoms with Crippen LogP contribution in [0.5, 0.6) is 0 Å². The summed E-state index contributed by atoms with van der Waals surface area (Å²) >= 11 is 0. The van der Waals surface area contributed by atoms with Crippen LogP contribution in [-0.2, 0) is 16.5 Å². The van der Waals surface area contributed by atoms with Crippen LogP contribution >= 0.6 is 0 Å². The lowest BCUT2D eigenvalue weighted by molar-refractivity contribution is -0.140. The summed E-state index contributed by atoms with van der Waals surface area (Å²) in [4.78, 5) is 14.4. The molecule has 0 aromatic heterocycles. The van der Waals surface area contributed by atoms with Crippen molar-refractivity contribution < 1.29 is 22.4 Å². The van der Waals surface area contributed by atoms with E-state index >= 15 is 0 Å². The Hall–Kier alpha value is -1.63. The number of amides is 1. The van der Waals surface area contributed by atoms with Gasteiger partial charge < -0.3 is 10.6 Å². The predicted octanol–water partition coefficient (Wildman–Crippen LogP) is 3.81. The first-order chi connectivity index (χ1) is 11.4. The van der Waals surface area contributed by atoms with Gasteiger partial charge in [0.2, 0.25) is 5.91 Å². The molecule has 0 radical (unpaired) electrons. The monoisotopic (exact) mass is 358 g/mol. The Morgan fingerprint density at radius 2 is 1.88 bits per heavy atom. The van der Waals surface area contributed by atoms with E-state index in [1.165, 1.54) is 6.07 Å². The van der Waals surface area contributed by atoms with Gasteiger partial charge in [-0.25, -0.2) is 4.39 Å². The highest BCUT2D eigenvalue weighted by Crippen LogP contribution is 2.53. The van der Waals surface area contributed by atoms with Gasteiger partial charge >= 0.3 is 6.18 Å². The highest BCUT2D eigenvalue weighted by Gasteiger charge is 2.54. The maximum atomic E-state index is 13.6. The van der Waals surface area contributed by atoms with E-state index in [2.05, 4.69) is 0 Å². The van der Waals surface area contributed by atoms with E-state index in [4.69, 9.17) is 5.73 Å². The summed E-state index contributed by atoms with van der Waals surface area (Å²) in [6.07, 6.45) is -2.05. The van der Waals surface area contributed by atoms with Gasteiger partial charge in [0.1, 0.15) is 5.82 Å². The smallest absolute Gasteiger partial charge is 0.331 e. The van der Waals surface area contributed by atoms with Crippen molar-refractivity contribution in [3.8, 4) is 0 Å². The van der Waals surface area contributed by atoms with E-state index in [1.807, 2.05) is 0 Å². The highest BCUT2D eigenvalue weighted by molar-refractivity contribution is 5.82. The zero-order valence-corrected chi connectivity index (χ0v) is 14.3. The normalized spacial score (nSPS) is 19.6. The topological polar surface area (TPSA) is 46.3 Å². The lowest BCUT2D eigenvalue weighted by Gasteiger charge is -2.37. The number of nitrogens with two attached hydrogens (primary N) is 1. The van der Waals surface area contributed by atoms with Crippen LogP contribution in [0.15, 0.2) is 18.2 Å². The minimum Gasteiger partial charge on any atom is -0.331 e. The summed E-state index contributed by atoms with van der Waals surface area (Å²) < 4.78 is 52.8. The lowest BCUT2D eigenvalue weighted by Crippen LogP contribution is -2.52. The fourth-order valence-electron chi connectivity index (χ4n) is 3.26. The summed E-state index contributed by atoms with van der Waals surface area (Å²) in [6.45, 7) is 3.81. The van der Waals surface area contributed by atoms with Crippen LogP contribution < -0.4 is 5.73 Å². The molecule has 3 rings (SSSR count). The quantitative estimate of drug-likeness (QED) is 0.814. The summed E-state index contributed by atoms with van der Waals surface area (Å²) in [5, 5.41) is 0. The molecule has 2 fully saturated rings. The number of alkyl halides is 3. The average Bonchev–Trinajstić information content (AvgIpc) is 3.35. The number of halogens is 4. The van der Waals surface area contributed by atoms with Gasteiger partial charge in [0, 0.05) is 18.0 Å². The summed E-state index contributed by atoms with van der Waals surface area (Å²) in [5.74, 6) is -1.43. The molecule has 2 saturated carbocycles. The Kier molecular flexibility index (Phi) is 4.14. The molecule has 1 amide bonds. The summed E-state index contributed by atoms with van der Waals surface area (Å²) in [7, 11) is 0. The van der Waals surface area contributed by atoms with Gasteiger partial charge in [0.05, 0.1) is 11.1 Å². The third kappa shape index (κ3) is 3.66. The molecule has 1 aromatic carbocycles. The molecular weight excluding hydrogens is 336 g/mol. The summed E-state index contributed by atoms with van der Waals surface area (Å²) in [5.41, 5.74) is 3.65. The van der Waals surface area contributed by atoms with Crippen molar-refractivity contribution in [1.82, 2.24) is 4.90 Å². The van der Waals surface area contributed by atoms with Crippen molar-refractivity contribution >= 4 is 5.91 Å². The molecular formula is C18H22F4N2O. The lowest BCUT2D eigenvalue weighted by atomic mass is 9.96. The number of hydrogen-bond donors (Lipinski definition) is 1. The molecule has 25 heavy (non-hydrogen) atoms. The van der Waals surface area contributed by atoms with Gasteiger partial charge in [0.15, 0.2) is 0 Å². The van der Waals surface area contributed by atoms with Gasteiger partial charge in [-0.3, -0.25) is 4.79 Å². The minimum atomic E-state index is -4.77. The van der Waals surface area contributed by atoms with Crippen LogP contribution in [0, 0.1) is 11.7 Å². The third-order valence-corrected chi connectivity index (χ3v) is 4.81. The van der Waals surface area contributed by atoms with Crippen molar-refractivity contribution in [2.45, 2.75) is 56.8 Å². The highest BCUT2D eigenvalue weighted by atomic mass is 19.4. The van der Waals surface area contributed by atoms with E-state index in [-0.39, 0.29) is 18.4 Å². The third-order valence-electron chi connectivity index (χ3n) is 4.81. The number of hydrogen-bond acceptors (Lipinski definition) is 2. The molecule has 2 aliphatic carbocycles. The molecule has 138 valence electrons. The first-order valence-electron chi connectivity index (χ1n) is 8.42. The molecule has 0 aliphatic heterocycles. The molecule has 0 atom stereocenters. The fourth-order valence-corrected chi connectivity index (χ4v) is 3.26. The average molecular weight is 358 g/mol. The van der Waals surface area contributed by atoms with Gasteiger partial charge in [-0.15, -0.1) is 0 Å². The summed E-state index contributed by atoms with van der Waals surface area (Å²) in [6, 6.07) is 3.04. The molecule has 0 unspecified atom stereocenters. The molecule has 2 aliphatic rings. The number of benzene rings is 1. The van der Waals surface area contributed by atoms with Gasteiger partial charge in [-0.2, -0.15) is 13.2 Å². The zero-order chi connectivity index (χ0) is 18.6. The van der Waals surface area contributed by atoms with Crippen molar-refractivity contribution in [2.24, 2.45) is 11.7 Å². The SMILES string of the molecule is CC(C)(N)CN(C(=O)C1CC1)C1(c2ccc(F)c(C(F)(F)F)c2)CC1. The Bertz CT molecular complexity index is 685. The van der Waals surface area contributed by atoms with Crippen LogP contribution in [0.2, 0.25) is 0 Å². The van der Waals surface area contributed by atoms with Crippen LogP contribution in [0.25, 0.3) is 0 Å². The molecule has 3 nitrogen and oxygen atoms in total. The second kappa shape index (κ2) is 5.69. The molecule has 2 N–H and O–H groups in total. The molecule has 1 aromatic rings. The van der Waals surface area contributed by atoms with E-state index in [1.54, 1.807) is 18.7 Å². The van der Waals surface area contributed by atoms with Crippen molar-refractivity contribution in [3.63, 3.8) is 0 Å². The molecule has 7 heteroatoms. The van der Waals surface area contributed by atoms with Gasteiger partial charge in [-0.05, 0) is 57.2 Å². The maximum Gasteiger partial charge on any atom is 0.419 e. The van der Waals surface area contributed by atoms with E-state index in [0.717, 1.165) is 25.0 Å². The van der Waals surface area contributed by atoms with Crippen LogP contribution in [-0.4, -0.2) is 22.9 Å². The van der Waals surface area contributed by atoms with Crippen LogP contribution in [0.3, 0.4) is 0 Å². The van der Waals surface area contributed by atoms with Crippen molar-refractivity contribution in [3.05, 3.63) is 35.1 Å². The second-order valence-electron chi connectivity index (χ2n) is 7.91. The number of nitrogens with zero attached hydrogens (tertiary/aromatic N) is 1. The maximum absolute atomic E-state index is 13.6. The Labute approximate surface area is 144 Å². The fraction of sp³-hybridized carbons (Fsp3) is 0.611. The molecule has 0 heterocycles. The predicted molar refractivity (Wildman–Crippen MR) is 85.0 cm³/mol. The van der Waals surface area contributed by atoms with Crippen LogP contribution in [0.1, 0.15) is 50.7 Å². The van der Waals surface area contributed by atoms with Gasteiger partial charge in [-0.1, -0.05) is 6.07 Å². The Morgan fingerprint density at radius 3 is 2.32 bits per heavy atom. The van der Waals surface area contributed by atoms with Crippen LogP contribution in [0.4, 0.5) is 17.6 Å². The standard InChI is InChI=1S/C18H22F4N2O/c1-16(2,23)10-24(15(25)11-3-4-11)17(7-8-17)12-5-6-14(19)13(9-12)18(20,21)22/h5-6,9,11H,3-4,7-8,10,23H2,1-2H3. The molecule has 0 spiro atoms. The second-order valence-corrected chi connectivity index (χ2v) is 7.91. The van der Waals surface area contributed by atoms with E-state index < -0.39 is 28.6 Å². The Balaban J connectivity index is 2.00. The number of carbonyl (C=O) groups is 1. The number of rotatable bonds is 5. The van der Waals surface area contributed by atoms with E-state index in [9.17, 15) is 22.4 Å². The largest absolute Gasteiger partial charge is 0.419 e. The van der Waals surface area contributed by atoms with Crippen molar-refractivity contribution in [1.29, 1.82) is 0 Å². The molecule has 0 saturated heterocycles.